The number of alkyl halides is 1. The number of nitrogens with zero attached hydrogens (tertiary/aromatic N) is 1. The van der Waals surface area contributed by atoms with E-state index in [1.807, 2.05) is 0 Å². The summed E-state index contributed by atoms with van der Waals surface area (Å²) in [5.74, 6) is 1.90. The van der Waals surface area contributed by atoms with E-state index >= 15 is 0 Å². The van der Waals surface area contributed by atoms with Crippen LogP contribution in [0.1, 0.15) is 51.9 Å². The number of halogens is 1. The van der Waals surface area contributed by atoms with Gasteiger partial charge in [0.2, 0.25) is 0 Å². The van der Waals surface area contributed by atoms with Crippen molar-refractivity contribution in [1.29, 1.82) is 0 Å². The molecule has 3 aliphatic rings. The van der Waals surface area contributed by atoms with Gasteiger partial charge in [0.15, 0.2) is 0 Å². The lowest BCUT2D eigenvalue weighted by molar-refractivity contribution is -0.145. The Balaban J connectivity index is 1.71. The molecule has 3 nitrogen and oxygen atoms in total. The summed E-state index contributed by atoms with van der Waals surface area (Å²) in [7, 11) is 2.26. The van der Waals surface area contributed by atoms with Crippen molar-refractivity contribution in [3.05, 3.63) is 0 Å². The van der Waals surface area contributed by atoms with Crippen LogP contribution in [0, 0.1) is 17.8 Å². The second-order valence-corrected chi connectivity index (χ2v) is 7.96. The van der Waals surface area contributed by atoms with Gasteiger partial charge in [0, 0.05) is 30.3 Å². The van der Waals surface area contributed by atoms with Gasteiger partial charge in [-0.2, -0.15) is 0 Å². The Hall–Kier alpha value is -0.280. The van der Waals surface area contributed by atoms with Crippen LogP contribution in [-0.4, -0.2) is 42.0 Å². The number of esters is 1. The Labute approximate surface area is 133 Å². The van der Waals surface area contributed by atoms with Gasteiger partial charge < -0.3 is 9.64 Å². The first-order valence-electron chi connectivity index (χ1n) is 8.55. The Morgan fingerprint density at radius 1 is 1.19 bits per heavy atom. The molecule has 2 saturated heterocycles. The van der Waals surface area contributed by atoms with Gasteiger partial charge in [0.05, 0.1) is 6.61 Å². The van der Waals surface area contributed by atoms with Gasteiger partial charge in [-0.15, -0.1) is 11.6 Å². The lowest BCUT2D eigenvalue weighted by atomic mass is 9.68. The minimum atomic E-state index is -0.138. The second kappa shape index (κ2) is 6.45. The summed E-state index contributed by atoms with van der Waals surface area (Å²) in [6, 6.07) is 1.36. The average Bonchev–Trinajstić information content (AvgIpc) is 2.70. The van der Waals surface area contributed by atoms with E-state index in [4.69, 9.17) is 16.3 Å². The number of fused-ring (bicyclic) bond motifs is 2. The summed E-state index contributed by atoms with van der Waals surface area (Å²) in [6.45, 7) is 2.14. The summed E-state index contributed by atoms with van der Waals surface area (Å²) in [5, 5.41) is 0.385. The third kappa shape index (κ3) is 3.24. The molecule has 0 aromatic heterocycles. The molecule has 2 aliphatic heterocycles. The van der Waals surface area contributed by atoms with E-state index in [-0.39, 0.29) is 5.97 Å². The van der Waals surface area contributed by atoms with Crippen molar-refractivity contribution in [3.8, 4) is 0 Å². The maximum atomic E-state index is 11.2. The number of piperidine rings is 1. The molecule has 0 N–H and O–H groups in total. The second-order valence-electron chi connectivity index (χ2n) is 7.34. The number of rotatable bonds is 3. The highest BCUT2D eigenvalue weighted by atomic mass is 35.5. The van der Waals surface area contributed by atoms with E-state index in [2.05, 4.69) is 11.9 Å². The molecule has 3 fully saturated rings. The van der Waals surface area contributed by atoms with Gasteiger partial charge in [0.1, 0.15) is 0 Å². The van der Waals surface area contributed by atoms with E-state index in [9.17, 15) is 4.79 Å². The fourth-order valence-electron chi connectivity index (χ4n) is 5.11. The Morgan fingerprint density at radius 3 is 2.57 bits per heavy atom. The molecular weight excluding hydrogens is 286 g/mol. The van der Waals surface area contributed by atoms with Gasteiger partial charge in [-0.25, -0.2) is 0 Å². The number of carbonyl (C=O) groups is 1. The third-order valence-corrected chi connectivity index (χ3v) is 6.71. The first-order chi connectivity index (χ1) is 10.1. The van der Waals surface area contributed by atoms with Crippen LogP contribution >= 0.6 is 11.6 Å². The van der Waals surface area contributed by atoms with Gasteiger partial charge in [-0.05, 0) is 63.8 Å². The summed E-state index contributed by atoms with van der Waals surface area (Å²) in [5.41, 5.74) is 0. The van der Waals surface area contributed by atoms with E-state index in [1.165, 1.54) is 39.0 Å². The van der Waals surface area contributed by atoms with E-state index in [0.29, 0.717) is 23.9 Å². The van der Waals surface area contributed by atoms with Crippen molar-refractivity contribution >= 4 is 17.6 Å². The smallest absolute Gasteiger partial charge is 0.302 e. The van der Waals surface area contributed by atoms with Crippen LogP contribution < -0.4 is 0 Å². The first kappa shape index (κ1) is 15.6. The van der Waals surface area contributed by atoms with Crippen LogP contribution in [0.25, 0.3) is 0 Å². The highest BCUT2D eigenvalue weighted by Gasteiger charge is 2.48. The van der Waals surface area contributed by atoms with Crippen molar-refractivity contribution in [2.45, 2.75) is 69.3 Å². The molecule has 0 aromatic carbocycles. The van der Waals surface area contributed by atoms with Crippen molar-refractivity contribution in [2.75, 3.05) is 13.7 Å². The van der Waals surface area contributed by atoms with Crippen molar-refractivity contribution in [1.82, 2.24) is 4.90 Å². The van der Waals surface area contributed by atoms with Crippen molar-refractivity contribution in [3.63, 3.8) is 0 Å². The summed E-state index contributed by atoms with van der Waals surface area (Å²) in [4.78, 5) is 13.8. The molecule has 0 aromatic rings. The molecular formula is C17H28ClNO2. The molecule has 1 saturated carbocycles. The largest absolute Gasteiger partial charge is 0.466 e. The minimum Gasteiger partial charge on any atom is -0.466 e. The molecule has 0 amide bonds. The molecule has 1 aliphatic carbocycles. The molecule has 2 heterocycles. The van der Waals surface area contributed by atoms with Crippen LogP contribution in [0.4, 0.5) is 0 Å². The van der Waals surface area contributed by atoms with Crippen LogP contribution in [0.3, 0.4) is 0 Å². The summed E-state index contributed by atoms with van der Waals surface area (Å²) >= 11 is 6.28. The van der Waals surface area contributed by atoms with Crippen molar-refractivity contribution in [2.24, 2.45) is 17.8 Å². The number of carbonyl (C=O) groups excluding carboxylic acids is 1. The molecule has 21 heavy (non-hydrogen) atoms. The molecule has 2 bridgehead atoms. The fraction of sp³-hybridized carbons (Fsp3) is 0.941. The lowest BCUT2D eigenvalue weighted by Gasteiger charge is -2.47. The predicted molar refractivity (Wildman–Crippen MR) is 84.4 cm³/mol. The summed E-state index contributed by atoms with van der Waals surface area (Å²) < 4.78 is 5.43. The zero-order valence-electron chi connectivity index (χ0n) is 13.3. The van der Waals surface area contributed by atoms with Gasteiger partial charge in [-0.3, -0.25) is 4.79 Å². The Morgan fingerprint density at radius 2 is 1.90 bits per heavy atom. The standard InChI is InChI=1S/C17H28ClNO2/c1-11(20)21-10-16-15(12-3-5-13(18)6-4-12)9-14-7-8-17(16)19(14)2/h12-17H,3-10H2,1-2H3/t12?,13?,14-,15-,16+,17?/m1/s1. The summed E-state index contributed by atoms with van der Waals surface area (Å²) in [6.07, 6.45) is 8.73. The minimum absolute atomic E-state index is 0.138. The van der Waals surface area contributed by atoms with Gasteiger partial charge >= 0.3 is 5.97 Å². The maximum Gasteiger partial charge on any atom is 0.302 e. The fourth-order valence-corrected chi connectivity index (χ4v) is 5.36. The third-order valence-electron chi connectivity index (χ3n) is 6.27. The van der Waals surface area contributed by atoms with Crippen LogP contribution in [0.15, 0.2) is 0 Å². The average molecular weight is 314 g/mol. The predicted octanol–water partition coefficient (Wildman–Crippen LogP) is 3.45. The zero-order chi connectivity index (χ0) is 15.0. The highest BCUT2D eigenvalue weighted by molar-refractivity contribution is 6.20. The first-order valence-corrected chi connectivity index (χ1v) is 8.99. The van der Waals surface area contributed by atoms with Crippen LogP contribution in [0.5, 0.6) is 0 Å². The highest BCUT2D eigenvalue weighted by Crippen LogP contribution is 2.48. The molecule has 3 rings (SSSR count). The monoisotopic (exact) mass is 313 g/mol. The van der Waals surface area contributed by atoms with E-state index in [0.717, 1.165) is 30.7 Å². The maximum absolute atomic E-state index is 11.2. The molecule has 4 atom stereocenters. The zero-order valence-corrected chi connectivity index (χ0v) is 14.0. The van der Waals surface area contributed by atoms with Gasteiger partial charge in [-0.1, -0.05) is 0 Å². The van der Waals surface area contributed by atoms with Crippen LogP contribution in [0.2, 0.25) is 0 Å². The number of hydrogen-bond acceptors (Lipinski definition) is 3. The molecule has 1 unspecified atom stereocenters. The molecule has 0 spiro atoms. The number of ether oxygens (including phenoxy) is 1. The van der Waals surface area contributed by atoms with Crippen LogP contribution in [-0.2, 0) is 9.53 Å². The Kier molecular flexibility index (Phi) is 4.80. The molecule has 4 heteroatoms. The van der Waals surface area contributed by atoms with E-state index in [1.54, 1.807) is 0 Å². The quantitative estimate of drug-likeness (QED) is 0.590. The van der Waals surface area contributed by atoms with E-state index < -0.39 is 0 Å². The topological polar surface area (TPSA) is 29.5 Å². The normalized spacial score (nSPS) is 43.8. The number of hydrogen-bond donors (Lipinski definition) is 0. The molecule has 120 valence electrons. The SMILES string of the molecule is CC(=O)OC[C@@H]1C2CC[C@H](C[C@@H]1C1CCC(Cl)CC1)N2C. The Bertz CT molecular complexity index is 381. The van der Waals surface area contributed by atoms with Crippen molar-refractivity contribution < 1.29 is 9.53 Å². The lowest BCUT2D eigenvalue weighted by Crippen LogP contribution is -2.50. The van der Waals surface area contributed by atoms with Gasteiger partial charge in [0.25, 0.3) is 0 Å². The molecule has 0 radical (unpaired) electrons.